The van der Waals surface area contributed by atoms with E-state index >= 15 is 0 Å². The molecular weight excluding hydrogens is 741 g/mol. The number of aryl methyl sites for hydroxylation is 4. The lowest BCUT2D eigenvalue weighted by molar-refractivity contribution is -0.149. The second-order valence-corrected chi connectivity index (χ2v) is 20.0. The summed E-state index contributed by atoms with van der Waals surface area (Å²) in [5, 5.41) is 39.2. The predicted octanol–water partition coefficient (Wildman–Crippen LogP) is 12.7. The second-order valence-electron chi connectivity index (χ2n) is 20.0. The number of hydrogen-bond acceptors (Lipinski definition) is 4. The van der Waals surface area contributed by atoms with Gasteiger partial charge in [-0.25, -0.2) is 0 Å². The van der Waals surface area contributed by atoms with E-state index in [1.54, 1.807) is 41.5 Å². The van der Waals surface area contributed by atoms with E-state index in [2.05, 4.69) is 45.0 Å². The number of aliphatic carboxylic acids is 4. The van der Waals surface area contributed by atoms with Crippen molar-refractivity contribution in [2.45, 2.75) is 204 Å². The monoisotopic (exact) mass is 821 g/mol. The van der Waals surface area contributed by atoms with Gasteiger partial charge < -0.3 is 20.4 Å². The van der Waals surface area contributed by atoms with Gasteiger partial charge in [0.1, 0.15) is 0 Å². The highest BCUT2D eigenvalue weighted by Crippen LogP contribution is 2.35. The van der Waals surface area contributed by atoms with Gasteiger partial charge in [0.25, 0.3) is 0 Å². The lowest BCUT2D eigenvalue weighted by Crippen LogP contribution is -2.28. The molecule has 0 aliphatic rings. The van der Waals surface area contributed by atoms with E-state index < -0.39 is 45.5 Å². The first-order valence-corrected chi connectivity index (χ1v) is 22.6. The largest absolute Gasteiger partial charge is 0.481 e. The molecule has 2 rings (SSSR count). The average molecular weight is 821 g/mol. The first-order chi connectivity index (χ1) is 27.4. The van der Waals surface area contributed by atoms with Crippen molar-refractivity contribution < 1.29 is 39.6 Å². The molecule has 0 bridgehead atoms. The van der Waals surface area contributed by atoms with Crippen molar-refractivity contribution in [3.05, 3.63) is 68.8 Å². The number of carboxylic acid groups (broad SMARTS) is 4. The van der Waals surface area contributed by atoms with Gasteiger partial charge in [0, 0.05) is 0 Å². The van der Waals surface area contributed by atoms with Gasteiger partial charge in [0.15, 0.2) is 0 Å². The molecule has 1 atom stereocenters. The molecule has 8 nitrogen and oxygen atoms in total. The van der Waals surface area contributed by atoms with Gasteiger partial charge in [-0.3, -0.25) is 19.2 Å². The number of unbranched alkanes of at least 4 members (excludes halogenated alkanes) is 7. The molecule has 4 N–H and O–H groups in total. The quantitative estimate of drug-likeness (QED) is 0.0569. The number of rotatable bonds is 30. The van der Waals surface area contributed by atoms with E-state index in [0.29, 0.717) is 38.5 Å². The smallest absolute Gasteiger partial charge is 0.309 e. The number of hydrogen-bond donors (Lipinski definition) is 4. The van der Waals surface area contributed by atoms with Crippen molar-refractivity contribution in [2.24, 2.45) is 21.7 Å². The predicted molar refractivity (Wildman–Crippen MR) is 239 cm³/mol. The summed E-state index contributed by atoms with van der Waals surface area (Å²) in [5.74, 6) is -3.06. The molecule has 332 valence electrons. The fourth-order valence-electron chi connectivity index (χ4n) is 8.38. The summed E-state index contributed by atoms with van der Waals surface area (Å²) < 4.78 is 0. The Morgan fingerprint density at radius 3 is 1.37 bits per heavy atom. The highest BCUT2D eigenvalue weighted by atomic mass is 16.4. The van der Waals surface area contributed by atoms with Crippen LogP contribution in [0, 0.1) is 42.4 Å². The van der Waals surface area contributed by atoms with Crippen LogP contribution in [0.4, 0.5) is 0 Å². The van der Waals surface area contributed by atoms with Gasteiger partial charge in [0.2, 0.25) is 0 Å². The Hall–Kier alpha value is -3.68. The Labute approximate surface area is 357 Å². The van der Waals surface area contributed by atoms with Crippen LogP contribution in [0.15, 0.2) is 24.3 Å². The van der Waals surface area contributed by atoms with Crippen LogP contribution in [-0.2, 0) is 51.3 Å². The minimum absolute atomic E-state index is 0.534. The molecule has 0 fully saturated rings. The number of carboxylic acids is 4. The molecule has 0 aliphatic heterocycles. The van der Waals surface area contributed by atoms with Gasteiger partial charge in [0.05, 0.1) is 21.7 Å². The molecular formula is C51H80O8. The maximum absolute atomic E-state index is 12.9. The molecule has 8 heteroatoms. The molecule has 2 aromatic rings. The minimum Gasteiger partial charge on any atom is -0.481 e. The highest BCUT2D eigenvalue weighted by molar-refractivity contribution is 5.75. The minimum atomic E-state index is -0.863. The van der Waals surface area contributed by atoms with Gasteiger partial charge in [-0.2, -0.15) is 0 Å². The van der Waals surface area contributed by atoms with Gasteiger partial charge >= 0.3 is 23.9 Å². The number of benzene rings is 2. The van der Waals surface area contributed by atoms with Crippen LogP contribution < -0.4 is 0 Å². The van der Waals surface area contributed by atoms with Crippen LogP contribution in [0.25, 0.3) is 0 Å². The average Bonchev–Trinajstić information content (AvgIpc) is 3.14. The molecule has 2 aromatic carbocycles. The molecule has 0 spiro atoms. The van der Waals surface area contributed by atoms with Gasteiger partial charge in [-0.15, -0.1) is 0 Å². The summed E-state index contributed by atoms with van der Waals surface area (Å²) in [6.45, 7) is 19.0. The van der Waals surface area contributed by atoms with E-state index in [4.69, 9.17) is 0 Å². The maximum atomic E-state index is 12.9. The lowest BCUT2D eigenvalue weighted by Gasteiger charge is -2.27. The first kappa shape index (κ1) is 51.5. The third-order valence-electron chi connectivity index (χ3n) is 13.5. The van der Waals surface area contributed by atoms with Crippen LogP contribution in [0.1, 0.15) is 196 Å². The summed E-state index contributed by atoms with van der Waals surface area (Å²) in [4.78, 5) is 47.8. The summed E-state index contributed by atoms with van der Waals surface area (Å²) in [6.07, 6.45) is 17.5. The molecule has 0 aromatic heterocycles. The zero-order chi connectivity index (χ0) is 44.6. The van der Waals surface area contributed by atoms with E-state index in [-0.39, 0.29) is 0 Å². The zero-order valence-electron chi connectivity index (χ0n) is 38.6. The Bertz CT molecular complexity index is 1700. The van der Waals surface area contributed by atoms with Crippen LogP contribution in [-0.4, -0.2) is 44.3 Å². The fraction of sp³-hybridized carbons (Fsp3) is 0.686. The first-order valence-electron chi connectivity index (χ1n) is 22.6. The lowest BCUT2D eigenvalue weighted by atomic mass is 9.77. The Kier molecular flexibility index (Phi) is 20.4. The van der Waals surface area contributed by atoms with Crippen LogP contribution in [0.5, 0.6) is 0 Å². The molecule has 0 saturated heterocycles. The summed E-state index contributed by atoms with van der Waals surface area (Å²) in [7, 11) is 0. The Balaban J connectivity index is 2.11. The standard InChI is InChI=1S/C51H80O8/c1-36-23-22-25-39(24-14-11-12-18-30-48(4,5)44(52)53)41(36)26-15-13-19-33-51(10,47(58)59)34-29-40-35-37(2)38(3)42(27-16-20-31-49(6,7)45(54)55)43(40)28-17-21-32-50(8,9)46(56)57/h22-23,25,35H,11-21,24,26-34H2,1-10H3,(H,52,53)(H,54,55)(H,56,57)(H,58,59). The topological polar surface area (TPSA) is 149 Å². The van der Waals surface area contributed by atoms with Crippen LogP contribution in [0.3, 0.4) is 0 Å². The highest BCUT2D eigenvalue weighted by Gasteiger charge is 2.33. The second kappa shape index (κ2) is 23.4. The van der Waals surface area contributed by atoms with Crippen molar-refractivity contribution in [3.8, 4) is 0 Å². The van der Waals surface area contributed by atoms with Gasteiger partial charge in [-0.05, 0) is 204 Å². The van der Waals surface area contributed by atoms with Crippen molar-refractivity contribution >= 4 is 23.9 Å². The van der Waals surface area contributed by atoms with Crippen molar-refractivity contribution in [1.29, 1.82) is 0 Å². The van der Waals surface area contributed by atoms with Crippen LogP contribution in [0.2, 0.25) is 0 Å². The maximum Gasteiger partial charge on any atom is 0.309 e. The molecule has 0 aliphatic carbocycles. The summed E-state index contributed by atoms with van der Waals surface area (Å²) >= 11 is 0. The third kappa shape index (κ3) is 16.4. The summed E-state index contributed by atoms with van der Waals surface area (Å²) in [6, 6.07) is 8.79. The normalized spacial score (nSPS) is 13.3. The Morgan fingerprint density at radius 2 is 0.847 bits per heavy atom. The van der Waals surface area contributed by atoms with Crippen molar-refractivity contribution in [2.75, 3.05) is 0 Å². The van der Waals surface area contributed by atoms with Crippen molar-refractivity contribution in [3.63, 3.8) is 0 Å². The van der Waals surface area contributed by atoms with Crippen molar-refractivity contribution in [1.82, 2.24) is 0 Å². The molecule has 0 saturated carbocycles. The Morgan fingerprint density at radius 1 is 0.424 bits per heavy atom. The molecule has 0 heterocycles. The van der Waals surface area contributed by atoms with E-state index in [1.165, 1.54) is 44.5 Å². The fourth-order valence-corrected chi connectivity index (χ4v) is 8.38. The molecule has 0 radical (unpaired) electrons. The molecule has 1 unspecified atom stereocenters. The third-order valence-corrected chi connectivity index (χ3v) is 13.5. The summed E-state index contributed by atoms with van der Waals surface area (Å²) in [5.41, 5.74) is 7.18. The molecule has 59 heavy (non-hydrogen) atoms. The number of carbonyl (C=O) groups is 4. The van der Waals surface area contributed by atoms with Crippen LogP contribution >= 0.6 is 0 Å². The zero-order valence-corrected chi connectivity index (χ0v) is 38.6. The molecule has 0 amide bonds. The van der Waals surface area contributed by atoms with E-state index in [1.807, 2.05) is 6.92 Å². The van der Waals surface area contributed by atoms with Gasteiger partial charge in [-0.1, -0.05) is 69.2 Å². The van der Waals surface area contributed by atoms with E-state index in [9.17, 15) is 39.6 Å². The SMILES string of the molecule is Cc1cc(CCC(C)(CCCCCc2c(C)cccc2CCCCCCC(C)(C)C(=O)O)C(=O)O)c(CCCCC(C)(C)C(=O)O)c(CCCCC(C)(C)C(=O)O)c1C. The van der Waals surface area contributed by atoms with E-state index in [0.717, 1.165) is 96.3 Å².